The number of aromatic nitrogens is 1. The van der Waals surface area contributed by atoms with Crippen LogP contribution in [0.15, 0.2) is 24.3 Å². The maximum atomic E-state index is 4.72. The van der Waals surface area contributed by atoms with Crippen LogP contribution < -0.4 is 4.90 Å². The molecule has 1 saturated carbocycles. The second-order valence-electron chi connectivity index (χ2n) is 6.90. The molecule has 0 amide bonds. The molecule has 3 nitrogen and oxygen atoms in total. The maximum Gasteiger partial charge on any atom is 0.150 e. The molecular weight excluding hydrogens is 266 g/mol. The van der Waals surface area contributed by atoms with Gasteiger partial charge in [0.25, 0.3) is 0 Å². The van der Waals surface area contributed by atoms with Gasteiger partial charge in [-0.1, -0.05) is 12.1 Å². The van der Waals surface area contributed by atoms with E-state index in [-0.39, 0.29) is 0 Å². The zero-order valence-corrected chi connectivity index (χ0v) is 12.5. The summed E-state index contributed by atoms with van der Waals surface area (Å²) in [5, 5.41) is 1.34. The van der Waals surface area contributed by atoms with E-state index < -0.39 is 0 Å². The predicted molar refractivity (Wildman–Crippen MR) is 83.2 cm³/mol. The number of nitrogens with zero attached hydrogens (tertiary/aromatic N) is 3. The van der Waals surface area contributed by atoms with Crippen LogP contribution in [0, 0.1) is 11.8 Å². The first-order chi connectivity index (χ1) is 9.83. The number of piperidine rings is 1. The van der Waals surface area contributed by atoms with Crippen molar-refractivity contribution in [1.29, 1.82) is 0 Å². The van der Waals surface area contributed by atoms with E-state index in [4.69, 9.17) is 4.37 Å². The molecule has 4 heteroatoms. The van der Waals surface area contributed by atoms with Crippen molar-refractivity contribution in [2.24, 2.45) is 11.8 Å². The van der Waals surface area contributed by atoms with Gasteiger partial charge in [0.15, 0.2) is 5.82 Å². The van der Waals surface area contributed by atoms with Crippen LogP contribution in [0.5, 0.6) is 0 Å². The first-order valence-corrected chi connectivity index (χ1v) is 8.55. The summed E-state index contributed by atoms with van der Waals surface area (Å²) >= 11 is 1.64. The van der Waals surface area contributed by atoms with Crippen LogP contribution in [0.4, 0.5) is 5.82 Å². The van der Waals surface area contributed by atoms with Gasteiger partial charge in [0, 0.05) is 17.2 Å². The van der Waals surface area contributed by atoms with Gasteiger partial charge in [-0.25, -0.2) is 0 Å². The van der Waals surface area contributed by atoms with Crippen molar-refractivity contribution in [3.63, 3.8) is 0 Å². The summed E-state index contributed by atoms with van der Waals surface area (Å²) in [6, 6.07) is 8.64. The number of hydrogen-bond acceptors (Lipinski definition) is 3. The number of rotatable bonds is 1. The Bertz CT molecular complexity index is 645. The fourth-order valence-electron chi connectivity index (χ4n) is 4.39. The summed E-state index contributed by atoms with van der Waals surface area (Å²) in [6.45, 7) is 7.98. The van der Waals surface area contributed by atoms with Gasteiger partial charge in [0.2, 0.25) is 0 Å². The Kier molecular flexibility index (Phi) is 2.28. The molecule has 2 saturated heterocycles. The standard InChI is InChI=1S/C16H20N3S/c1-2-4-15-14(3-1)16(17-20-15)18-5-7-19(8-6-18)10-12-9-13(12)11-19/h1-4,12-13H,5-11H2/q+1/t12-,13-/m1/s1. The van der Waals surface area contributed by atoms with E-state index >= 15 is 0 Å². The highest BCUT2D eigenvalue weighted by Crippen LogP contribution is 2.49. The Hall–Kier alpha value is -1.13. The highest BCUT2D eigenvalue weighted by molar-refractivity contribution is 7.13. The number of quaternary nitrogens is 1. The third-order valence-corrected chi connectivity index (χ3v) is 6.48. The fourth-order valence-corrected chi connectivity index (χ4v) is 5.19. The molecule has 20 heavy (non-hydrogen) atoms. The lowest BCUT2D eigenvalue weighted by atomic mass is 10.2. The highest BCUT2D eigenvalue weighted by atomic mass is 32.1. The van der Waals surface area contributed by atoms with Gasteiger partial charge in [-0.05, 0) is 30.1 Å². The highest BCUT2D eigenvalue weighted by Gasteiger charge is 2.55. The smallest absolute Gasteiger partial charge is 0.150 e. The van der Waals surface area contributed by atoms with E-state index in [1.165, 1.54) is 66.1 Å². The largest absolute Gasteiger partial charge is 0.344 e. The molecule has 5 rings (SSSR count). The summed E-state index contributed by atoms with van der Waals surface area (Å²) in [5.41, 5.74) is 0. The molecule has 1 aromatic carbocycles. The molecule has 3 heterocycles. The van der Waals surface area contributed by atoms with Gasteiger partial charge in [0.05, 0.1) is 44.0 Å². The Morgan fingerprint density at radius 2 is 1.85 bits per heavy atom. The van der Waals surface area contributed by atoms with Gasteiger partial charge in [0.1, 0.15) is 0 Å². The minimum Gasteiger partial charge on any atom is -0.344 e. The minimum atomic E-state index is 1.08. The fraction of sp³-hybridized carbons (Fsp3) is 0.562. The average molecular weight is 286 g/mol. The molecule has 0 unspecified atom stereocenters. The van der Waals surface area contributed by atoms with E-state index in [1.807, 2.05) is 0 Å². The first-order valence-electron chi connectivity index (χ1n) is 7.77. The molecule has 3 fully saturated rings. The number of anilines is 1. The lowest BCUT2D eigenvalue weighted by Crippen LogP contribution is -2.59. The van der Waals surface area contributed by atoms with E-state index in [0.717, 1.165) is 11.8 Å². The van der Waals surface area contributed by atoms with Crippen LogP contribution in [0.1, 0.15) is 6.42 Å². The molecule has 2 atom stereocenters. The van der Waals surface area contributed by atoms with Crippen LogP contribution >= 0.6 is 11.5 Å². The Morgan fingerprint density at radius 3 is 2.65 bits per heavy atom. The zero-order chi connectivity index (χ0) is 13.2. The van der Waals surface area contributed by atoms with Crippen molar-refractivity contribution in [1.82, 2.24) is 4.37 Å². The van der Waals surface area contributed by atoms with Crippen molar-refractivity contribution >= 4 is 27.4 Å². The molecule has 3 aliphatic rings. The van der Waals surface area contributed by atoms with Gasteiger partial charge >= 0.3 is 0 Å². The Balaban J connectivity index is 1.38. The Morgan fingerprint density at radius 1 is 1.10 bits per heavy atom. The monoisotopic (exact) mass is 286 g/mol. The molecule has 2 aromatic rings. The molecule has 0 bridgehead atoms. The quantitative estimate of drug-likeness (QED) is 0.749. The molecule has 0 radical (unpaired) electrons. The zero-order valence-electron chi connectivity index (χ0n) is 11.7. The average Bonchev–Trinajstić information content (AvgIpc) is 2.93. The summed E-state index contributed by atoms with van der Waals surface area (Å²) in [7, 11) is 0. The van der Waals surface area contributed by atoms with E-state index in [2.05, 4.69) is 29.2 Å². The first kappa shape index (κ1) is 11.5. The number of hydrogen-bond donors (Lipinski definition) is 0. The van der Waals surface area contributed by atoms with Crippen molar-refractivity contribution in [2.45, 2.75) is 6.42 Å². The van der Waals surface area contributed by atoms with E-state index in [0.29, 0.717) is 0 Å². The topological polar surface area (TPSA) is 16.1 Å². The molecule has 2 aliphatic heterocycles. The normalized spacial score (nSPS) is 30.9. The van der Waals surface area contributed by atoms with Crippen molar-refractivity contribution in [3.8, 4) is 0 Å². The predicted octanol–water partition coefficient (Wildman–Crippen LogP) is 2.58. The third-order valence-electron chi connectivity index (χ3n) is 5.66. The van der Waals surface area contributed by atoms with Crippen LogP contribution in [0.25, 0.3) is 10.1 Å². The lowest BCUT2D eigenvalue weighted by Gasteiger charge is -2.43. The molecule has 0 N–H and O–H groups in total. The van der Waals surface area contributed by atoms with Gasteiger partial charge in [-0.15, -0.1) is 0 Å². The van der Waals surface area contributed by atoms with Crippen molar-refractivity contribution < 1.29 is 4.48 Å². The van der Waals surface area contributed by atoms with E-state index in [9.17, 15) is 0 Å². The molecule has 1 aliphatic carbocycles. The summed E-state index contributed by atoms with van der Waals surface area (Å²) in [4.78, 5) is 2.52. The van der Waals surface area contributed by atoms with Crippen LogP contribution in [-0.4, -0.2) is 48.1 Å². The van der Waals surface area contributed by atoms with Gasteiger partial charge < -0.3 is 9.38 Å². The molecule has 1 spiro atoms. The van der Waals surface area contributed by atoms with Crippen LogP contribution in [0.2, 0.25) is 0 Å². The van der Waals surface area contributed by atoms with Gasteiger partial charge in [-0.2, -0.15) is 4.37 Å². The number of fused-ring (bicyclic) bond motifs is 2. The van der Waals surface area contributed by atoms with E-state index in [1.54, 1.807) is 11.5 Å². The second-order valence-corrected chi connectivity index (χ2v) is 7.70. The summed E-state index contributed by atoms with van der Waals surface area (Å²) in [5.74, 6) is 3.40. The number of benzene rings is 1. The number of piperazine rings is 1. The molecule has 1 aromatic heterocycles. The molecule has 104 valence electrons. The Labute approximate surface area is 123 Å². The lowest BCUT2D eigenvalue weighted by molar-refractivity contribution is -0.922. The van der Waals surface area contributed by atoms with Gasteiger partial charge in [-0.3, -0.25) is 0 Å². The molecular formula is C16H20N3S+. The maximum absolute atomic E-state index is 4.72. The van der Waals surface area contributed by atoms with Crippen molar-refractivity contribution in [3.05, 3.63) is 24.3 Å². The summed E-state index contributed by atoms with van der Waals surface area (Å²) in [6.07, 6.45) is 1.53. The van der Waals surface area contributed by atoms with Crippen LogP contribution in [-0.2, 0) is 0 Å². The van der Waals surface area contributed by atoms with Crippen molar-refractivity contribution in [2.75, 3.05) is 44.2 Å². The SMILES string of the molecule is c1ccc2c(N3CC[N+]4(CC3)C[C@H]3C[C@@H]3C4)nsc2c1. The minimum absolute atomic E-state index is 1.08. The third kappa shape index (κ3) is 1.64. The summed E-state index contributed by atoms with van der Waals surface area (Å²) < 4.78 is 7.45. The second kappa shape index (κ2) is 3.95. The van der Waals surface area contributed by atoms with Crippen LogP contribution in [0.3, 0.4) is 0 Å².